The maximum absolute atomic E-state index is 5.77. The van der Waals surface area contributed by atoms with Crippen LogP contribution in [0.4, 0.5) is 0 Å². The van der Waals surface area contributed by atoms with E-state index in [1.807, 2.05) is 0 Å². The second kappa shape index (κ2) is 9.01. The van der Waals surface area contributed by atoms with Gasteiger partial charge in [-0.15, -0.1) is 22.9 Å². The number of halogens is 1. The molecule has 1 aromatic rings. The molecule has 0 N–H and O–H groups in total. The van der Waals surface area contributed by atoms with Crippen LogP contribution in [0, 0.1) is 5.92 Å². The SMILES string of the molecule is CCCC1CCN(CCCCc2nc(CCl)cs2)CC1. The molecular formula is C16H27ClN2S. The number of likely N-dealkylation sites (tertiary alicyclic amines) is 1. The Kier molecular flexibility index (Phi) is 7.32. The molecule has 0 aliphatic carbocycles. The number of nitrogens with zero attached hydrogens (tertiary/aromatic N) is 2. The number of thiazole rings is 1. The molecule has 1 aliphatic rings. The first-order chi connectivity index (χ1) is 9.81. The molecule has 20 heavy (non-hydrogen) atoms. The predicted molar refractivity (Wildman–Crippen MR) is 88.7 cm³/mol. The summed E-state index contributed by atoms with van der Waals surface area (Å²) in [7, 11) is 0. The van der Waals surface area contributed by atoms with Crippen LogP contribution in [0.2, 0.25) is 0 Å². The van der Waals surface area contributed by atoms with E-state index in [1.165, 1.54) is 63.2 Å². The maximum Gasteiger partial charge on any atom is 0.0928 e. The fraction of sp³-hybridized carbons (Fsp3) is 0.812. The number of aryl methyl sites for hydroxylation is 1. The molecular weight excluding hydrogens is 288 g/mol. The summed E-state index contributed by atoms with van der Waals surface area (Å²) < 4.78 is 0. The fourth-order valence-corrected chi connectivity index (χ4v) is 4.11. The van der Waals surface area contributed by atoms with Crippen LogP contribution in [-0.4, -0.2) is 29.5 Å². The highest BCUT2D eigenvalue weighted by Crippen LogP contribution is 2.22. The van der Waals surface area contributed by atoms with E-state index in [1.54, 1.807) is 11.3 Å². The molecule has 0 bridgehead atoms. The van der Waals surface area contributed by atoms with E-state index in [2.05, 4.69) is 22.2 Å². The monoisotopic (exact) mass is 314 g/mol. The minimum Gasteiger partial charge on any atom is -0.303 e. The van der Waals surface area contributed by atoms with Gasteiger partial charge in [-0.05, 0) is 57.7 Å². The maximum atomic E-state index is 5.77. The van der Waals surface area contributed by atoms with E-state index < -0.39 is 0 Å². The zero-order chi connectivity index (χ0) is 14.2. The Morgan fingerprint density at radius 3 is 2.80 bits per heavy atom. The van der Waals surface area contributed by atoms with Gasteiger partial charge in [0.15, 0.2) is 0 Å². The molecule has 0 atom stereocenters. The molecule has 1 saturated heterocycles. The minimum atomic E-state index is 0.545. The molecule has 0 unspecified atom stereocenters. The van der Waals surface area contributed by atoms with Crippen molar-refractivity contribution in [2.75, 3.05) is 19.6 Å². The van der Waals surface area contributed by atoms with E-state index in [0.717, 1.165) is 18.0 Å². The summed E-state index contributed by atoms with van der Waals surface area (Å²) in [6.45, 7) is 6.21. The highest BCUT2D eigenvalue weighted by Gasteiger charge is 2.17. The molecule has 1 aliphatic heterocycles. The van der Waals surface area contributed by atoms with Crippen molar-refractivity contribution in [1.29, 1.82) is 0 Å². The molecule has 114 valence electrons. The second-order valence-corrected chi connectivity index (χ2v) is 7.11. The quantitative estimate of drug-likeness (QED) is 0.510. The number of hydrogen-bond donors (Lipinski definition) is 0. The summed E-state index contributed by atoms with van der Waals surface area (Å²) >= 11 is 7.53. The second-order valence-electron chi connectivity index (χ2n) is 5.90. The average molecular weight is 315 g/mol. The molecule has 1 aromatic heterocycles. The molecule has 4 heteroatoms. The van der Waals surface area contributed by atoms with E-state index in [-0.39, 0.29) is 0 Å². The van der Waals surface area contributed by atoms with Crippen LogP contribution in [0.5, 0.6) is 0 Å². The van der Waals surface area contributed by atoms with Gasteiger partial charge in [-0.2, -0.15) is 0 Å². The van der Waals surface area contributed by atoms with Gasteiger partial charge in [-0.3, -0.25) is 0 Å². The Morgan fingerprint density at radius 1 is 1.35 bits per heavy atom. The van der Waals surface area contributed by atoms with Crippen molar-refractivity contribution < 1.29 is 0 Å². The van der Waals surface area contributed by atoms with Crippen LogP contribution in [0.15, 0.2) is 5.38 Å². The third kappa shape index (κ3) is 5.34. The molecule has 0 radical (unpaired) electrons. The predicted octanol–water partition coefficient (Wildman–Crippen LogP) is 4.72. The lowest BCUT2D eigenvalue weighted by Crippen LogP contribution is -2.34. The van der Waals surface area contributed by atoms with Gasteiger partial charge < -0.3 is 4.90 Å². The van der Waals surface area contributed by atoms with E-state index in [0.29, 0.717) is 5.88 Å². The minimum absolute atomic E-state index is 0.545. The van der Waals surface area contributed by atoms with Crippen molar-refractivity contribution >= 4 is 22.9 Å². The fourth-order valence-electron chi connectivity index (χ4n) is 3.04. The average Bonchev–Trinajstić information content (AvgIpc) is 2.94. The lowest BCUT2D eigenvalue weighted by Gasteiger charge is -2.31. The smallest absolute Gasteiger partial charge is 0.0928 e. The van der Waals surface area contributed by atoms with Gasteiger partial charge in [0.25, 0.3) is 0 Å². The van der Waals surface area contributed by atoms with Gasteiger partial charge in [0.2, 0.25) is 0 Å². The van der Waals surface area contributed by atoms with Crippen molar-refractivity contribution in [3.8, 4) is 0 Å². The number of unbranched alkanes of at least 4 members (excludes halogenated alkanes) is 1. The topological polar surface area (TPSA) is 16.1 Å². The lowest BCUT2D eigenvalue weighted by molar-refractivity contribution is 0.176. The Morgan fingerprint density at radius 2 is 2.15 bits per heavy atom. The van der Waals surface area contributed by atoms with Gasteiger partial charge >= 0.3 is 0 Å². The lowest BCUT2D eigenvalue weighted by atomic mass is 9.92. The summed E-state index contributed by atoms with van der Waals surface area (Å²) in [6.07, 6.45) is 9.29. The van der Waals surface area contributed by atoms with E-state index >= 15 is 0 Å². The van der Waals surface area contributed by atoms with Crippen LogP contribution >= 0.6 is 22.9 Å². The zero-order valence-corrected chi connectivity index (χ0v) is 14.2. The molecule has 2 nitrogen and oxygen atoms in total. The number of alkyl halides is 1. The number of piperidine rings is 1. The van der Waals surface area contributed by atoms with Crippen LogP contribution in [0.1, 0.15) is 56.2 Å². The number of aromatic nitrogens is 1. The highest BCUT2D eigenvalue weighted by atomic mass is 35.5. The Labute approximate surface area is 132 Å². The van der Waals surface area contributed by atoms with Gasteiger partial charge in [-0.25, -0.2) is 4.98 Å². The van der Waals surface area contributed by atoms with Crippen LogP contribution in [0.3, 0.4) is 0 Å². The molecule has 0 spiro atoms. The van der Waals surface area contributed by atoms with Crippen molar-refractivity contribution in [1.82, 2.24) is 9.88 Å². The van der Waals surface area contributed by atoms with E-state index in [4.69, 9.17) is 11.6 Å². The molecule has 2 heterocycles. The number of hydrogen-bond acceptors (Lipinski definition) is 3. The summed E-state index contributed by atoms with van der Waals surface area (Å²) in [5.74, 6) is 1.55. The van der Waals surface area contributed by atoms with Gasteiger partial charge in [-0.1, -0.05) is 19.8 Å². The van der Waals surface area contributed by atoms with Crippen molar-refractivity contribution in [3.05, 3.63) is 16.1 Å². The Hall–Kier alpha value is -0.120. The van der Waals surface area contributed by atoms with Crippen LogP contribution in [0.25, 0.3) is 0 Å². The first kappa shape index (κ1) is 16.3. The van der Waals surface area contributed by atoms with Crippen molar-refractivity contribution in [2.45, 2.75) is 57.7 Å². The highest BCUT2D eigenvalue weighted by molar-refractivity contribution is 7.09. The standard InChI is InChI=1S/C16H27ClN2S/c1-2-5-14-7-10-19(11-8-14)9-4-3-6-16-18-15(12-17)13-20-16/h13-14H,2-12H2,1H3. The summed E-state index contributed by atoms with van der Waals surface area (Å²) in [4.78, 5) is 7.17. The third-order valence-corrected chi connectivity index (χ3v) is 5.49. The van der Waals surface area contributed by atoms with Crippen LogP contribution in [-0.2, 0) is 12.3 Å². The van der Waals surface area contributed by atoms with Crippen LogP contribution < -0.4 is 0 Å². The molecule has 0 aromatic carbocycles. The summed E-state index contributed by atoms with van der Waals surface area (Å²) in [5, 5.41) is 3.34. The van der Waals surface area contributed by atoms with Gasteiger partial charge in [0.05, 0.1) is 16.6 Å². The zero-order valence-electron chi connectivity index (χ0n) is 12.6. The van der Waals surface area contributed by atoms with Crippen molar-refractivity contribution in [2.24, 2.45) is 5.92 Å². The molecule has 0 amide bonds. The van der Waals surface area contributed by atoms with Crippen molar-refractivity contribution in [3.63, 3.8) is 0 Å². The van der Waals surface area contributed by atoms with Gasteiger partial charge in [0, 0.05) is 5.38 Å². The Balaban J connectivity index is 1.55. The van der Waals surface area contributed by atoms with E-state index in [9.17, 15) is 0 Å². The Bertz CT molecular complexity index is 372. The summed E-state index contributed by atoms with van der Waals surface area (Å²) in [6, 6.07) is 0. The number of rotatable bonds is 8. The molecule has 2 rings (SSSR count). The molecule has 1 fully saturated rings. The molecule has 0 saturated carbocycles. The largest absolute Gasteiger partial charge is 0.303 e. The summed E-state index contributed by atoms with van der Waals surface area (Å²) in [5.41, 5.74) is 1.03. The van der Waals surface area contributed by atoms with Gasteiger partial charge in [0.1, 0.15) is 0 Å². The first-order valence-corrected chi connectivity index (χ1v) is 9.44. The third-order valence-electron chi connectivity index (χ3n) is 4.26. The first-order valence-electron chi connectivity index (χ1n) is 8.03. The normalized spacial score (nSPS) is 17.7.